The summed E-state index contributed by atoms with van der Waals surface area (Å²) >= 11 is 0. The van der Waals surface area contributed by atoms with E-state index in [4.69, 9.17) is 0 Å². The summed E-state index contributed by atoms with van der Waals surface area (Å²) < 4.78 is 4.66. The zero-order chi connectivity index (χ0) is 12.8. The fourth-order valence-corrected chi connectivity index (χ4v) is 1.66. The molecule has 0 bridgehead atoms. The molecule has 1 aromatic rings. The molecule has 0 fully saturated rings. The molecular formula is C13H17NO3. The third-order valence-corrected chi connectivity index (χ3v) is 2.39. The molecule has 17 heavy (non-hydrogen) atoms. The number of esters is 1. The molecule has 1 N–H and O–H groups in total. The molecule has 1 unspecified atom stereocenters. The molecule has 0 spiro atoms. The second kappa shape index (κ2) is 6.03. The highest BCUT2D eigenvalue weighted by Crippen LogP contribution is 2.07. The Morgan fingerprint density at radius 3 is 2.65 bits per heavy atom. The Labute approximate surface area is 101 Å². The van der Waals surface area contributed by atoms with Crippen molar-refractivity contribution < 1.29 is 14.3 Å². The number of nitrogens with one attached hydrogen (secondary N) is 1. The second-order valence-electron chi connectivity index (χ2n) is 3.97. The summed E-state index contributed by atoms with van der Waals surface area (Å²) in [6, 6.07) is 7.18. The number of hydrogen-bond donors (Lipinski definition) is 1. The topological polar surface area (TPSA) is 55.4 Å². The average molecular weight is 235 g/mol. The highest BCUT2D eigenvalue weighted by molar-refractivity contribution is 5.83. The molecule has 0 aliphatic carbocycles. The van der Waals surface area contributed by atoms with Crippen molar-refractivity contribution in [2.45, 2.75) is 26.3 Å². The molecule has 0 saturated carbocycles. The number of hydrogen-bond acceptors (Lipinski definition) is 3. The number of carbonyl (C=O) groups excluding carboxylic acids is 2. The van der Waals surface area contributed by atoms with Crippen LogP contribution in [0.4, 0.5) is 0 Å². The summed E-state index contributed by atoms with van der Waals surface area (Å²) in [6.07, 6.45) is 0.438. The summed E-state index contributed by atoms with van der Waals surface area (Å²) in [5.74, 6) is -0.672. The number of benzene rings is 1. The highest BCUT2D eigenvalue weighted by Gasteiger charge is 2.20. The van der Waals surface area contributed by atoms with Crippen LogP contribution in [-0.2, 0) is 20.7 Å². The fraction of sp³-hybridized carbons (Fsp3) is 0.385. The Morgan fingerprint density at radius 1 is 1.41 bits per heavy atom. The summed E-state index contributed by atoms with van der Waals surface area (Å²) in [4.78, 5) is 22.5. The second-order valence-corrected chi connectivity index (χ2v) is 3.97. The van der Waals surface area contributed by atoms with Crippen LogP contribution in [0.25, 0.3) is 0 Å². The molecule has 4 heteroatoms. The van der Waals surface area contributed by atoms with Crippen LogP contribution in [0.15, 0.2) is 24.3 Å². The SMILES string of the molecule is COC(=O)C(Cc1cccc(C)c1)NC(C)=O. The van der Waals surface area contributed by atoms with E-state index in [1.165, 1.54) is 14.0 Å². The zero-order valence-corrected chi connectivity index (χ0v) is 10.3. The van der Waals surface area contributed by atoms with Crippen molar-refractivity contribution in [3.63, 3.8) is 0 Å². The van der Waals surface area contributed by atoms with E-state index >= 15 is 0 Å². The first-order chi connectivity index (χ1) is 8.02. The summed E-state index contributed by atoms with van der Waals surface area (Å²) in [5.41, 5.74) is 2.11. The third kappa shape index (κ3) is 4.26. The molecule has 1 aromatic carbocycles. The van der Waals surface area contributed by atoms with Gasteiger partial charge in [0.2, 0.25) is 5.91 Å². The van der Waals surface area contributed by atoms with Crippen molar-refractivity contribution in [1.29, 1.82) is 0 Å². The number of amides is 1. The van der Waals surface area contributed by atoms with E-state index in [1.807, 2.05) is 31.2 Å². The van der Waals surface area contributed by atoms with Crippen LogP contribution in [-0.4, -0.2) is 25.0 Å². The maximum atomic E-state index is 11.5. The van der Waals surface area contributed by atoms with Crippen LogP contribution in [0.3, 0.4) is 0 Å². The standard InChI is InChI=1S/C13H17NO3/c1-9-5-4-6-11(7-9)8-12(13(16)17-3)14-10(2)15/h4-7,12H,8H2,1-3H3,(H,14,15). The minimum absolute atomic E-state index is 0.243. The summed E-state index contributed by atoms with van der Waals surface area (Å²) in [5, 5.41) is 2.59. The lowest BCUT2D eigenvalue weighted by Gasteiger charge is -2.15. The van der Waals surface area contributed by atoms with Gasteiger partial charge in [-0.05, 0) is 12.5 Å². The van der Waals surface area contributed by atoms with Crippen LogP contribution in [0.1, 0.15) is 18.1 Å². The average Bonchev–Trinajstić information content (AvgIpc) is 2.26. The molecule has 1 amide bonds. The fourth-order valence-electron chi connectivity index (χ4n) is 1.66. The normalized spacial score (nSPS) is 11.7. The lowest BCUT2D eigenvalue weighted by atomic mass is 10.0. The van der Waals surface area contributed by atoms with Crippen molar-refractivity contribution in [2.75, 3.05) is 7.11 Å². The summed E-state index contributed by atoms with van der Waals surface area (Å²) in [7, 11) is 1.31. The van der Waals surface area contributed by atoms with Gasteiger partial charge in [-0.2, -0.15) is 0 Å². The lowest BCUT2D eigenvalue weighted by molar-refractivity contribution is -0.144. The van der Waals surface area contributed by atoms with E-state index in [0.717, 1.165) is 11.1 Å². The van der Waals surface area contributed by atoms with Crippen LogP contribution >= 0.6 is 0 Å². The van der Waals surface area contributed by atoms with Crippen molar-refractivity contribution in [1.82, 2.24) is 5.32 Å². The van der Waals surface area contributed by atoms with Gasteiger partial charge in [0.15, 0.2) is 0 Å². The van der Waals surface area contributed by atoms with Crippen LogP contribution < -0.4 is 5.32 Å². The van der Waals surface area contributed by atoms with E-state index in [0.29, 0.717) is 6.42 Å². The monoisotopic (exact) mass is 235 g/mol. The van der Waals surface area contributed by atoms with Gasteiger partial charge in [0.25, 0.3) is 0 Å². The molecule has 92 valence electrons. The molecular weight excluding hydrogens is 218 g/mol. The molecule has 0 aliphatic rings. The lowest BCUT2D eigenvalue weighted by Crippen LogP contribution is -2.41. The third-order valence-electron chi connectivity index (χ3n) is 2.39. The Bertz CT molecular complexity index is 415. The number of methoxy groups -OCH3 is 1. The number of carbonyl (C=O) groups is 2. The smallest absolute Gasteiger partial charge is 0.328 e. The molecule has 1 atom stereocenters. The molecule has 1 rings (SSSR count). The van der Waals surface area contributed by atoms with Gasteiger partial charge in [-0.3, -0.25) is 4.79 Å². The first-order valence-electron chi connectivity index (χ1n) is 5.43. The Kier molecular flexibility index (Phi) is 4.69. The van der Waals surface area contributed by atoms with E-state index < -0.39 is 12.0 Å². The highest BCUT2D eigenvalue weighted by atomic mass is 16.5. The van der Waals surface area contributed by atoms with Crippen LogP contribution in [0.5, 0.6) is 0 Å². The minimum atomic E-state index is -0.626. The predicted octanol–water partition coefficient (Wildman–Crippen LogP) is 1.22. The number of ether oxygens (including phenoxy) is 1. The van der Waals surface area contributed by atoms with Crippen LogP contribution in [0.2, 0.25) is 0 Å². The van der Waals surface area contributed by atoms with Gasteiger partial charge < -0.3 is 10.1 Å². The van der Waals surface area contributed by atoms with E-state index in [2.05, 4.69) is 10.1 Å². The molecule has 0 aliphatic heterocycles. The Hall–Kier alpha value is -1.84. The van der Waals surface area contributed by atoms with Crippen molar-refractivity contribution in [3.8, 4) is 0 Å². The molecule has 0 radical (unpaired) electrons. The van der Waals surface area contributed by atoms with Gasteiger partial charge in [-0.25, -0.2) is 4.79 Å². The number of rotatable bonds is 4. The van der Waals surface area contributed by atoms with Crippen molar-refractivity contribution in [2.24, 2.45) is 0 Å². The first kappa shape index (κ1) is 13.2. The van der Waals surface area contributed by atoms with Gasteiger partial charge in [0.05, 0.1) is 7.11 Å². The van der Waals surface area contributed by atoms with Crippen molar-refractivity contribution in [3.05, 3.63) is 35.4 Å². The predicted molar refractivity (Wildman–Crippen MR) is 64.5 cm³/mol. The number of aryl methyl sites for hydroxylation is 1. The Morgan fingerprint density at radius 2 is 2.12 bits per heavy atom. The largest absolute Gasteiger partial charge is 0.467 e. The van der Waals surface area contributed by atoms with Crippen LogP contribution in [0, 0.1) is 6.92 Å². The molecule has 0 heterocycles. The minimum Gasteiger partial charge on any atom is -0.467 e. The van der Waals surface area contributed by atoms with Crippen molar-refractivity contribution >= 4 is 11.9 Å². The maximum Gasteiger partial charge on any atom is 0.328 e. The van der Waals surface area contributed by atoms with Gasteiger partial charge in [0.1, 0.15) is 6.04 Å². The quantitative estimate of drug-likeness (QED) is 0.798. The van der Waals surface area contributed by atoms with Gasteiger partial charge in [-0.15, -0.1) is 0 Å². The zero-order valence-electron chi connectivity index (χ0n) is 10.3. The van der Waals surface area contributed by atoms with Gasteiger partial charge >= 0.3 is 5.97 Å². The van der Waals surface area contributed by atoms with Gasteiger partial charge in [-0.1, -0.05) is 29.8 Å². The first-order valence-corrected chi connectivity index (χ1v) is 5.43. The molecule has 4 nitrogen and oxygen atoms in total. The van der Waals surface area contributed by atoms with E-state index in [-0.39, 0.29) is 5.91 Å². The molecule has 0 aromatic heterocycles. The molecule has 0 saturated heterocycles. The summed E-state index contributed by atoms with van der Waals surface area (Å²) in [6.45, 7) is 3.36. The van der Waals surface area contributed by atoms with E-state index in [1.54, 1.807) is 0 Å². The maximum absolute atomic E-state index is 11.5. The van der Waals surface area contributed by atoms with Gasteiger partial charge in [0, 0.05) is 13.3 Å². The Balaban J connectivity index is 2.78. The van der Waals surface area contributed by atoms with E-state index in [9.17, 15) is 9.59 Å².